The van der Waals surface area contributed by atoms with Gasteiger partial charge in [0.2, 0.25) is 5.91 Å². The van der Waals surface area contributed by atoms with Crippen molar-refractivity contribution in [3.8, 4) is 5.75 Å². The third-order valence-corrected chi connectivity index (χ3v) is 4.48. The van der Waals surface area contributed by atoms with Crippen molar-refractivity contribution in [2.24, 2.45) is 0 Å². The van der Waals surface area contributed by atoms with Gasteiger partial charge in [-0.3, -0.25) is 9.59 Å². The largest absolute Gasteiger partial charge is 0.492 e. The van der Waals surface area contributed by atoms with Crippen LogP contribution in [0.15, 0.2) is 42.6 Å². The lowest BCUT2D eigenvalue weighted by Gasteiger charge is -2.14. The number of nitrogens with one attached hydrogen (secondary N) is 2. The first-order valence-electron chi connectivity index (χ1n) is 9.08. The number of hydrogen-bond donors (Lipinski definition) is 2. The van der Waals surface area contributed by atoms with Crippen LogP contribution in [-0.4, -0.2) is 29.0 Å². The van der Waals surface area contributed by atoms with E-state index < -0.39 is 0 Å². The molecule has 1 aliphatic carbocycles. The summed E-state index contributed by atoms with van der Waals surface area (Å²) in [5.41, 5.74) is 1.16. The number of benzene rings is 1. The van der Waals surface area contributed by atoms with Crippen LogP contribution in [0.1, 0.15) is 43.1 Å². The van der Waals surface area contributed by atoms with Gasteiger partial charge in [0.1, 0.15) is 18.1 Å². The van der Waals surface area contributed by atoms with Crippen LogP contribution >= 0.6 is 0 Å². The maximum atomic E-state index is 12.7. The third-order valence-electron chi connectivity index (χ3n) is 4.48. The van der Waals surface area contributed by atoms with Crippen molar-refractivity contribution < 1.29 is 14.3 Å². The highest BCUT2D eigenvalue weighted by molar-refractivity contribution is 5.96. The fourth-order valence-corrected chi connectivity index (χ4v) is 3.27. The highest BCUT2D eigenvalue weighted by Gasteiger charge is 2.21. The average Bonchev–Trinajstić information content (AvgIpc) is 3.25. The van der Waals surface area contributed by atoms with Gasteiger partial charge in [0, 0.05) is 19.2 Å². The molecule has 3 rings (SSSR count). The van der Waals surface area contributed by atoms with Gasteiger partial charge in [-0.05, 0) is 31.0 Å². The summed E-state index contributed by atoms with van der Waals surface area (Å²) >= 11 is 0. The second-order valence-electron chi connectivity index (χ2n) is 6.60. The molecule has 1 saturated carbocycles. The first-order chi connectivity index (χ1) is 12.6. The van der Waals surface area contributed by atoms with Gasteiger partial charge in [0.05, 0.1) is 12.2 Å². The average molecular weight is 355 g/mol. The monoisotopic (exact) mass is 355 g/mol. The van der Waals surface area contributed by atoms with Gasteiger partial charge in [-0.15, -0.1) is 0 Å². The smallest absolute Gasteiger partial charge is 0.268 e. The molecule has 2 aromatic rings. The fraction of sp³-hybridized carbons (Fsp3) is 0.400. The Labute approximate surface area is 153 Å². The first-order valence-corrected chi connectivity index (χ1v) is 9.08. The van der Waals surface area contributed by atoms with Crippen LogP contribution in [0.4, 0.5) is 5.69 Å². The van der Waals surface area contributed by atoms with Crippen LogP contribution in [0, 0.1) is 0 Å². The number of aromatic nitrogens is 1. The number of rotatable bonds is 7. The summed E-state index contributed by atoms with van der Waals surface area (Å²) in [5.74, 6) is 0.525. The van der Waals surface area contributed by atoms with Crippen LogP contribution < -0.4 is 15.4 Å². The summed E-state index contributed by atoms with van der Waals surface area (Å²) in [6.45, 7) is 2.40. The summed E-state index contributed by atoms with van der Waals surface area (Å²) in [4.78, 5) is 24.0. The van der Waals surface area contributed by atoms with E-state index in [9.17, 15) is 9.59 Å². The molecule has 6 nitrogen and oxygen atoms in total. The summed E-state index contributed by atoms with van der Waals surface area (Å²) in [7, 11) is 0. The lowest BCUT2D eigenvalue weighted by atomic mass is 10.2. The Bertz CT molecular complexity index is 749. The second-order valence-corrected chi connectivity index (χ2v) is 6.60. The fourth-order valence-electron chi connectivity index (χ4n) is 3.27. The van der Waals surface area contributed by atoms with Gasteiger partial charge in [-0.1, -0.05) is 31.0 Å². The molecular formula is C20H25N3O3. The van der Waals surface area contributed by atoms with Crippen molar-refractivity contribution >= 4 is 17.5 Å². The molecule has 6 heteroatoms. The molecule has 0 saturated heterocycles. The molecule has 0 aliphatic heterocycles. The molecule has 138 valence electrons. The topological polar surface area (TPSA) is 72.4 Å². The molecule has 0 bridgehead atoms. The number of nitrogens with zero attached hydrogens (tertiary/aromatic N) is 1. The van der Waals surface area contributed by atoms with Crippen LogP contribution in [0.2, 0.25) is 0 Å². The predicted octanol–water partition coefficient (Wildman–Crippen LogP) is 3.20. The molecule has 0 radical (unpaired) electrons. The maximum absolute atomic E-state index is 12.7. The zero-order valence-electron chi connectivity index (χ0n) is 15.0. The minimum absolute atomic E-state index is 0.104. The van der Waals surface area contributed by atoms with Crippen molar-refractivity contribution in [3.63, 3.8) is 0 Å². The van der Waals surface area contributed by atoms with Crippen molar-refractivity contribution in [1.82, 2.24) is 9.88 Å². The Hall–Kier alpha value is -2.76. The van der Waals surface area contributed by atoms with Gasteiger partial charge in [-0.2, -0.15) is 0 Å². The van der Waals surface area contributed by atoms with Gasteiger partial charge in [0.25, 0.3) is 5.91 Å². The van der Waals surface area contributed by atoms with E-state index in [4.69, 9.17) is 4.74 Å². The molecular weight excluding hydrogens is 330 g/mol. The number of ether oxygens (including phenoxy) is 1. The van der Waals surface area contributed by atoms with E-state index in [0.717, 1.165) is 31.4 Å². The van der Waals surface area contributed by atoms with Crippen LogP contribution in [0.3, 0.4) is 0 Å². The first kappa shape index (κ1) is 18.0. The van der Waals surface area contributed by atoms with E-state index in [1.54, 1.807) is 12.3 Å². The van der Waals surface area contributed by atoms with E-state index in [0.29, 0.717) is 24.5 Å². The molecule has 2 N–H and O–H groups in total. The Morgan fingerprint density at radius 1 is 1.19 bits per heavy atom. The number of para-hydroxylation sites is 1. The zero-order chi connectivity index (χ0) is 18.4. The Morgan fingerprint density at radius 2 is 1.92 bits per heavy atom. The molecule has 0 spiro atoms. The van der Waals surface area contributed by atoms with E-state index in [1.807, 2.05) is 34.9 Å². The van der Waals surface area contributed by atoms with E-state index in [1.165, 1.54) is 6.92 Å². The molecule has 26 heavy (non-hydrogen) atoms. The molecule has 1 fully saturated rings. The number of carbonyl (C=O) groups excluding carboxylic acids is 2. The van der Waals surface area contributed by atoms with E-state index >= 15 is 0 Å². The number of anilines is 1. The maximum Gasteiger partial charge on any atom is 0.268 e. The Balaban J connectivity index is 1.67. The SMILES string of the molecule is CC(=O)Nc1cc(C(=O)NC2CCCC2)n(CCOc2ccccc2)c1. The standard InChI is InChI=1S/C20H25N3O3/c1-15(24)21-17-13-19(20(25)22-16-7-5-6-8-16)23(14-17)11-12-26-18-9-3-2-4-10-18/h2-4,9-10,13-14,16H,5-8,11-12H2,1H3,(H,21,24)(H,22,25). The van der Waals surface area contributed by atoms with Crippen molar-refractivity contribution in [2.45, 2.75) is 45.2 Å². The minimum Gasteiger partial charge on any atom is -0.492 e. The number of hydrogen-bond acceptors (Lipinski definition) is 3. The molecule has 0 unspecified atom stereocenters. The summed E-state index contributed by atoms with van der Waals surface area (Å²) in [6, 6.07) is 11.5. The summed E-state index contributed by atoms with van der Waals surface area (Å²) in [5, 5.41) is 5.84. The number of carbonyl (C=O) groups is 2. The van der Waals surface area contributed by atoms with E-state index in [2.05, 4.69) is 10.6 Å². The summed E-state index contributed by atoms with van der Waals surface area (Å²) < 4.78 is 7.56. The molecule has 1 heterocycles. The molecule has 2 amide bonds. The molecule has 0 atom stereocenters. The third kappa shape index (κ3) is 4.88. The number of amides is 2. The van der Waals surface area contributed by atoms with Crippen LogP contribution in [0.5, 0.6) is 5.75 Å². The quantitative estimate of drug-likeness (QED) is 0.801. The van der Waals surface area contributed by atoms with Gasteiger partial charge in [0.15, 0.2) is 0 Å². The molecule has 1 aliphatic rings. The second kappa shape index (κ2) is 8.56. The van der Waals surface area contributed by atoms with Crippen molar-refractivity contribution in [1.29, 1.82) is 0 Å². The van der Waals surface area contributed by atoms with Crippen molar-refractivity contribution in [3.05, 3.63) is 48.3 Å². The Morgan fingerprint density at radius 3 is 2.62 bits per heavy atom. The minimum atomic E-state index is -0.162. The van der Waals surface area contributed by atoms with Crippen LogP contribution in [0.25, 0.3) is 0 Å². The highest BCUT2D eigenvalue weighted by atomic mass is 16.5. The van der Waals surface area contributed by atoms with Crippen molar-refractivity contribution in [2.75, 3.05) is 11.9 Å². The predicted molar refractivity (Wildman–Crippen MR) is 100 cm³/mol. The zero-order valence-corrected chi connectivity index (χ0v) is 15.0. The lowest BCUT2D eigenvalue weighted by Crippen LogP contribution is -2.34. The van der Waals surface area contributed by atoms with E-state index in [-0.39, 0.29) is 17.9 Å². The van der Waals surface area contributed by atoms with Gasteiger partial charge >= 0.3 is 0 Å². The Kier molecular flexibility index (Phi) is 5.94. The highest BCUT2D eigenvalue weighted by Crippen LogP contribution is 2.20. The molecule has 1 aromatic heterocycles. The van der Waals surface area contributed by atoms with Crippen LogP contribution in [-0.2, 0) is 11.3 Å². The van der Waals surface area contributed by atoms with Gasteiger partial charge in [-0.25, -0.2) is 0 Å². The normalized spacial score (nSPS) is 14.2. The van der Waals surface area contributed by atoms with Gasteiger partial charge < -0.3 is 19.9 Å². The summed E-state index contributed by atoms with van der Waals surface area (Å²) in [6.07, 6.45) is 6.16. The lowest BCUT2D eigenvalue weighted by molar-refractivity contribution is -0.114. The molecule has 1 aromatic carbocycles.